The maximum absolute atomic E-state index is 12.5. The number of thioether (sulfide) groups is 1. The minimum atomic E-state index is -0.0957. The molecule has 6 atom stereocenters. The number of fused-ring (bicyclic) bond motifs is 5. The van der Waals surface area contributed by atoms with Crippen LogP contribution in [0.5, 0.6) is 0 Å². The van der Waals surface area contributed by atoms with Gasteiger partial charge in [0.25, 0.3) is 5.91 Å². The van der Waals surface area contributed by atoms with E-state index in [0.717, 1.165) is 35.8 Å². The predicted molar refractivity (Wildman–Crippen MR) is 90.5 cm³/mol. The Morgan fingerprint density at radius 3 is 2.82 bits per heavy atom. The first-order chi connectivity index (χ1) is 10.7. The third-order valence-electron chi connectivity index (χ3n) is 6.34. The fourth-order valence-corrected chi connectivity index (χ4v) is 5.81. The summed E-state index contributed by atoms with van der Waals surface area (Å²) in [6, 6.07) is 0.451. The number of carbonyl (C=O) groups excluding carboxylic acids is 1. The molecule has 4 nitrogen and oxygen atoms in total. The molecule has 126 valence electrons. The Labute approximate surface area is 138 Å². The second-order valence-electron chi connectivity index (χ2n) is 7.28. The van der Waals surface area contributed by atoms with E-state index < -0.39 is 0 Å². The quantitative estimate of drug-likeness (QED) is 0.730. The number of nitrogens with zero attached hydrogens (tertiary/aromatic N) is 1. The predicted octanol–water partition coefficient (Wildman–Crippen LogP) is 2.54. The van der Waals surface area contributed by atoms with Crippen LogP contribution < -0.4 is 5.32 Å². The van der Waals surface area contributed by atoms with Crippen LogP contribution in [0.25, 0.3) is 0 Å². The number of amides is 1. The van der Waals surface area contributed by atoms with Crippen LogP contribution in [0.15, 0.2) is 0 Å². The summed E-state index contributed by atoms with van der Waals surface area (Å²) in [5.74, 6) is 4.76. The summed E-state index contributed by atoms with van der Waals surface area (Å²) in [4.78, 5) is 17.6. The fourth-order valence-electron chi connectivity index (χ4n) is 5.34. The maximum atomic E-state index is 12.5. The van der Waals surface area contributed by atoms with Gasteiger partial charge in [-0.3, -0.25) is 9.63 Å². The molecular formula is C17H30N2O2S. The SMILES string of the molecule is CON(C)C(=O)[C@H](CCSC)N[C@@H]1C[C@H]2C[C@H]1[C@H]1CCC[C@@H]21. The fraction of sp³-hybridized carbons (Fsp3) is 0.941. The van der Waals surface area contributed by atoms with Gasteiger partial charge in [0.05, 0.1) is 13.2 Å². The van der Waals surface area contributed by atoms with Crippen molar-refractivity contribution in [3.8, 4) is 0 Å². The molecule has 2 bridgehead atoms. The van der Waals surface area contributed by atoms with E-state index in [4.69, 9.17) is 4.84 Å². The van der Waals surface area contributed by atoms with Gasteiger partial charge in [-0.05, 0) is 67.8 Å². The Morgan fingerprint density at radius 2 is 2.09 bits per heavy atom. The van der Waals surface area contributed by atoms with Gasteiger partial charge in [0, 0.05) is 13.1 Å². The van der Waals surface area contributed by atoms with E-state index in [0.29, 0.717) is 6.04 Å². The van der Waals surface area contributed by atoms with Crippen LogP contribution in [0, 0.1) is 23.7 Å². The average molecular weight is 327 g/mol. The molecule has 0 radical (unpaired) electrons. The second-order valence-corrected chi connectivity index (χ2v) is 8.27. The molecule has 3 aliphatic rings. The van der Waals surface area contributed by atoms with Crippen molar-refractivity contribution in [2.75, 3.05) is 26.2 Å². The molecule has 0 saturated heterocycles. The molecule has 22 heavy (non-hydrogen) atoms. The van der Waals surface area contributed by atoms with Gasteiger partial charge in [-0.25, -0.2) is 5.06 Å². The average Bonchev–Trinajstić information content (AvgIpc) is 3.21. The summed E-state index contributed by atoms with van der Waals surface area (Å²) >= 11 is 1.80. The minimum Gasteiger partial charge on any atom is -0.303 e. The summed E-state index contributed by atoms with van der Waals surface area (Å²) in [7, 11) is 3.27. The number of carbonyl (C=O) groups is 1. The number of nitrogens with one attached hydrogen (secondary N) is 1. The first-order valence-corrected chi connectivity index (χ1v) is 10.1. The third kappa shape index (κ3) is 3.04. The zero-order valence-corrected chi connectivity index (χ0v) is 14.9. The molecule has 0 aliphatic heterocycles. The van der Waals surface area contributed by atoms with Gasteiger partial charge < -0.3 is 5.32 Å². The normalized spacial score (nSPS) is 37.3. The van der Waals surface area contributed by atoms with Gasteiger partial charge in [-0.2, -0.15) is 11.8 Å². The van der Waals surface area contributed by atoms with Crippen molar-refractivity contribution in [3.63, 3.8) is 0 Å². The van der Waals surface area contributed by atoms with Crippen molar-refractivity contribution in [1.82, 2.24) is 10.4 Å². The van der Waals surface area contributed by atoms with E-state index in [-0.39, 0.29) is 11.9 Å². The number of hydrogen-bond acceptors (Lipinski definition) is 4. The molecule has 0 unspecified atom stereocenters. The van der Waals surface area contributed by atoms with Gasteiger partial charge >= 0.3 is 0 Å². The summed E-state index contributed by atoms with van der Waals surface area (Å²) in [6.45, 7) is 0. The lowest BCUT2D eigenvalue weighted by atomic mass is 9.79. The molecule has 0 aromatic rings. The first kappa shape index (κ1) is 16.6. The molecule has 3 rings (SSSR count). The summed E-state index contributed by atoms with van der Waals surface area (Å²) in [6.07, 6.45) is 9.97. The lowest BCUT2D eigenvalue weighted by molar-refractivity contribution is -0.171. The third-order valence-corrected chi connectivity index (χ3v) is 6.98. The van der Waals surface area contributed by atoms with Crippen LogP contribution in [-0.2, 0) is 9.63 Å². The van der Waals surface area contributed by atoms with Crippen molar-refractivity contribution >= 4 is 17.7 Å². The summed E-state index contributed by atoms with van der Waals surface area (Å²) < 4.78 is 0. The van der Waals surface area contributed by atoms with Gasteiger partial charge in [-0.15, -0.1) is 0 Å². The highest BCUT2D eigenvalue weighted by Gasteiger charge is 2.54. The summed E-state index contributed by atoms with van der Waals surface area (Å²) in [5.41, 5.74) is 0. The Bertz CT molecular complexity index is 406. The highest BCUT2D eigenvalue weighted by atomic mass is 32.2. The van der Waals surface area contributed by atoms with E-state index >= 15 is 0 Å². The highest BCUT2D eigenvalue weighted by molar-refractivity contribution is 7.98. The molecule has 0 spiro atoms. The highest BCUT2D eigenvalue weighted by Crippen LogP contribution is 2.58. The smallest absolute Gasteiger partial charge is 0.262 e. The lowest BCUT2D eigenvalue weighted by Crippen LogP contribution is -2.51. The van der Waals surface area contributed by atoms with Crippen molar-refractivity contribution in [2.24, 2.45) is 23.7 Å². The molecular weight excluding hydrogens is 296 g/mol. The van der Waals surface area contributed by atoms with Crippen LogP contribution in [0.3, 0.4) is 0 Å². The molecule has 5 heteroatoms. The minimum absolute atomic E-state index is 0.0716. The van der Waals surface area contributed by atoms with Crippen molar-refractivity contribution in [1.29, 1.82) is 0 Å². The topological polar surface area (TPSA) is 41.6 Å². The summed E-state index contributed by atoms with van der Waals surface area (Å²) in [5, 5.41) is 5.10. The zero-order valence-electron chi connectivity index (χ0n) is 14.1. The van der Waals surface area contributed by atoms with Crippen molar-refractivity contribution < 1.29 is 9.63 Å². The zero-order chi connectivity index (χ0) is 15.7. The first-order valence-electron chi connectivity index (χ1n) is 8.72. The van der Waals surface area contributed by atoms with Crippen LogP contribution >= 0.6 is 11.8 Å². The number of hydroxylamine groups is 2. The van der Waals surface area contributed by atoms with E-state index in [9.17, 15) is 4.79 Å². The van der Waals surface area contributed by atoms with E-state index in [1.165, 1.54) is 37.2 Å². The standard InChI is InChI=1S/C17H30N2O2S/c1-19(21-2)17(20)15(7-8-22-3)18-16-10-11-9-14(16)13-6-4-5-12(11)13/h11-16,18H,4-10H2,1-3H3/t11-,12+,13+,14+,15+,16-/m1/s1. The lowest BCUT2D eigenvalue weighted by Gasteiger charge is -2.35. The van der Waals surface area contributed by atoms with E-state index in [1.807, 2.05) is 0 Å². The van der Waals surface area contributed by atoms with Crippen LogP contribution in [-0.4, -0.2) is 49.2 Å². The van der Waals surface area contributed by atoms with Gasteiger partial charge in [0.1, 0.15) is 0 Å². The molecule has 1 N–H and O–H groups in total. The number of rotatable bonds is 7. The molecule has 3 aliphatic carbocycles. The molecule has 3 fully saturated rings. The monoisotopic (exact) mass is 326 g/mol. The molecule has 0 aromatic heterocycles. The Morgan fingerprint density at radius 1 is 1.32 bits per heavy atom. The van der Waals surface area contributed by atoms with E-state index in [1.54, 1.807) is 25.9 Å². The van der Waals surface area contributed by atoms with Gasteiger partial charge in [0.2, 0.25) is 0 Å². The van der Waals surface area contributed by atoms with Crippen LogP contribution in [0.2, 0.25) is 0 Å². The van der Waals surface area contributed by atoms with Crippen LogP contribution in [0.4, 0.5) is 0 Å². The second kappa shape index (κ2) is 7.10. The maximum Gasteiger partial charge on any atom is 0.262 e. The molecule has 3 saturated carbocycles. The largest absolute Gasteiger partial charge is 0.303 e. The van der Waals surface area contributed by atoms with Crippen LogP contribution in [0.1, 0.15) is 38.5 Å². The molecule has 0 aromatic carbocycles. The van der Waals surface area contributed by atoms with Gasteiger partial charge in [-0.1, -0.05) is 6.42 Å². The Hall–Kier alpha value is -0.260. The number of hydrogen-bond donors (Lipinski definition) is 1. The Kier molecular flexibility index (Phi) is 5.35. The number of likely N-dealkylation sites (N-methyl/N-ethyl adjacent to an activating group) is 1. The van der Waals surface area contributed by atoms with Crippen molar-refractivity contribution in [2.45, 2.75) is 50.6 Å². The molecule has 0 heterocycles. The Balaban J connectivity index is 1.62. The van der Waals surface area contributed by atoms with Gasteiger partial charge in [0.15, 0.2) is 0 Å². The van der Waals surface area contributed by atoms with Crippen molar-refractivity contribution in [3.05, 3.63) is 0 Å². The molecule has 1 amide bonds. The van der Waals surface area contributed by atoms with E-state index in [2.05, 4.69) is 11.6 Å².